The highest BCUT2D eigenvalue weighted by Gasteiger charge is 2.35. The molecule has 1 aliphatic carbocycles. The zero-order valence-corrected chi connectivity index (χ0v) is 19.0. The Kier molecular flexibility index (Phi) is 7.28. The van der Waals surface area contributed by atoms with Crippen LogP contribution in [0.25, 0.3) is 0 Å². The lowest BCUT2D eigenvalue weighted by atomic mass is 9.75. The van der Waals surface area contributed by atoms with Crippen molar-refractivity contribution in [3.8, 4) is 5.75 Å². The first kappa shape index (κ1) is 23.9. The lowest BCUT2D eigenvalue weighted by Crippen LogP contribution is -2.36. The number of anilines is 1. The average molecular weight is 488 g/mol. The highest BCUT2D eigenvalue weighted by molar-refractivity contribution is 7.15. The van der Waals surface area contributed by atoms with Gasteiger partial charge in [-0.25, -0.2) is 8.78 Å². The molecule has 0 bridgehead atoms. The van der Waals surface area contributed by atoms with Gasteiger partial charge < -0.3 is 14.6 Å². The molecular weight excluding hydrogens is 464 g/mol. The number of hydrogen-bond donors (Lipinski definition) is 2. The Morgan fingerprint density at radius 2 is 1.82 bits per heavy atom. The second-order valence-corrected chi connectivity index (χ2v) is 9.45. The van der Waals surface area contributed by atoms with Crippen molar-refractivity contribution in [1.82, 2.24) is 10.2 Å². The number of ether oxygens (including phenoxy) is 1. The van der Waals surface area contributed by atoms with Crippen LogP contribution in [0.4, 0.5) is 13.9 Å². The van der Waals surface area contributed by atoms with Crippen molar-refractivity contribution < 1.29 is 28.2 Å². The Morgan fingerprint density at radius 3 is 2.44 bits per heavy atom. The number of nitrogens with zero attached hydrogens (tertiary/aromatic N) is 2. The maximum Gasteiger partial charge on any atom is 0.257 e. The van der Waals surface area contributed by atoms with Gasteiger partial charge in [0.2, 0.25) is 5.13 Å². The molecular formula is C24H23F2N3O4S. The number of aliphatic hydroxyl groups excluding tert-OH is 1. The summed E-state index contributed by atoms with van der Waals surface area (Å²) >= 11 is 1.13. The molecule has 178 valence electrons. The van der Waals surface area contributed by atoms with Gasteiger partial charge in [0, 0.05) is 23.5 Å². The maximum atomic E-state index is 13.4. The lowest BCUT2D eigenvalue weighted by molar-refractivity contribution is -0.121. The fraction of sp³-hybridized carbons (Fsp3) is 0.333. The first-order valence-corrected chi connectivity index (χ1v) is 11.6. The molecule has 10 heteroatoms. The number of carbonyl (C=O) groups excluding carboxylic acids is 2. The number of halogens is 2. The predicted molar refractivity (Wildman–Crippen MR) is 122 cm³/mol. The molecule has 2 aromatic carbocycles. The van der Waals surface area contributed by atoms with Crippen LogP contribution in [0.15, 0.2) is 42.5 Å². The van der Waals surface area contributed by atoms with E-state index in [-0.39, 0.29) is 30.2 Å². The van der Waals surface area contributed by atoms with Crippen molar-refractivity contribution in [2.24, 2.45) is 5.41 Å². The van der Waals surface area contributed by atoms with Crippen LogP contribution in [-0.2, 0) is 11.2 Å². The zero-order valence-electron chi connectivity index (χ0n) is 18.2. The molecule has 0 unspecified atom stereocenters. The molecule has 1 amide bonds. The van der Waals surface area contributed by atoms with Crippen molar-refractivity contribution in [3.63, 3.8) is 0 Å². The molecule has 1 aliphatic rings. The van der Waals surface area contributed by atoms with Crippen LogP contribution in [0.3, 0.4) is 0 Å². The van der Waals surface area contributed by atoms with Crippen LogP contribution in [0.2, 0.25) is 0 Å². The van der Waals surface area contributed by atoms with Crippen molar-refractivity contribution in [2.75, 3.05) is 11.9 Å². The minimum Gasteiger partial charge on any atom is -0.490 e. The van der Waals surface area contributed by atoms with E-state index in [4.69, 9.17) is 4.74 Å². The molecule has 3 aromatic rings. The van der Waals surface area contributed by atoms with Crippen molar-refractivity contribution in [2.45, 2.75) is 38.2 Å². The largest absolute Gasteiger partial charge is 0.490 e. The molecule has 0 saturated heterocycles. The molecule has 0 atom stereocenters. The summed E-state index contributed by atoms with van der Waals surface area (Å²) in [5, 5.41) is 20.8. The van der Waals surface area contributed by atoms with Crippen LogP contribution in [-0.4, -0.2) is 40.2 Å². The third-order valence-corrected chi connectivity index (χ3v) is 6.72. The highest BCUT2D eigenvalue weighted by Crippen LogP contribution is 2.35. The quantitative estimate of drug-likeness (QED) is 0.463. The van der Waals surface area contributed by atoms with Gasteiger partial charge in [-0.2, -0.15) is 0 Å². The third kappa shape index (κ3) is 5.81. The number of nitrogens with one attached hydrogen (secondary N) is 1. The van der Waals surface area contributed by atoms with Gasteiger partial charge in [-0.3, -0.25) is 10.1 Å². The van der Waals surface area contributed by atoms with Crippen LogP contribution in [0.5, 0.6) is 5.75 Å². The molecule has 0 radical (unpaired) electrons. The first-order chi connectivity index (χ1) is 16.4. The molecule has 1 saturated carbocycles. The van der Waals surface area contributed by atoms with Crippen molar-refractivity contribution in [1.29, 1.82) is 0 Å². The van der Waals surface area contributed by atoms with E-state index < -0.39 is 17.0 Å². The van der Waals surface area contributed by atoms with Gasteiger partial charge in [0.15, 0.2) is 0 Å². The SMILES string of the molecule is O=CC1(CO)CCC(Oc2ccc(C(=O)Nc3nnc(Cc4cc(F)cc(F)c4)s3)cc2)CC1. The van der Waals surface area contributed by atoms with Gasteiger partial charge in [0.1, 0.15) is 28.7 Å². The van der Waals surface area contributed by atoms with Gasteiger partial charge in [0.05, 0.1) is 12.7 Å². The van der Waals surface area contributed by atoms with E-state index in [2.05, 4.69) is 15.5 Å². The number of aromatic nitrogens is 2. The summed E-state index contributed by atoms with van der Waals surface area (Å²) in [5.74, 6) is -1.08. The van der Waals surface area contributed by atoms with Gasteiger partial charge in [0.25, 0.3) is 5.91 Å². The molecule has 1 aromatic heterocycles. The minimum atomic E-state index is -0.664. The highest BCUT2D eigenvalue weighted by atomic mass is 32.1. The van der Waals surface area contributed by atoms with Crippen molar-refractivity contribution >= 4 is 28.7 Å². The van der Waals surface area contributed by atoms with Crippen LogP contribution in [0, 0.1) is 17.0 Å². The second kappa shape index (κ2) is 10.4. The number of rotatable bonds is 8. The zero-order chi connectivity index (χ0) is 24.1. The fourth-order valence-electron chi connectivity index (χ4n) is 3.91. The van der Waals surface area contributed by atoms with Crippen LogP contribution >= 0.6 is 11.3 Å². The molecule has 4 rings (SSSR count). The van der Waals surface area contributed by atoms with E-state index in [0.29, 0.717) is 47.6 Å². The van der Waals surface area contributed by atoms with E-state index in [0.717, 1.165) is 23.7 Å². The average Bonchev–Trinajstić information content (AvgIpc) is 3.26. The number of aliphatic hydroxyl groups is 1. The summed E-state index contributed by atoms with van der Waals surface area (Å²) in [7, 11) is 0. The topological polar surface area (TPSA) is 101 Å². The summed E-state index contributed by atoms with van der Waals surface area (Å²) in [6.07, 6.45) is 3.49. The lowest BCUT2D eigenvalue weighted by Gasteiger charge is -2.34. The maximum absolute atomic E-state index is 13.4. The molecule has 7 nitrogen and oxygen atoms in total. The monoisotopic (exact) mass is 487 g/mol. The number of benzene rings is 2. The normalized spacial score (nSPS) is 20.0. The van der Waals surface area contributed by atoms with Crippen LogP contribution in [0.1, 0.15) is 46.6 Å². The van der Waals surface area contributed by atoms with E-state index in [1.165, 1.54) is 12.1 Å². The summed E-state index contributed by atoms with van der Waals surface area (Å²) in [4.78, 5) is 23.8. The first-order valence-electron chi connectivity index (χ1n) is 10.8. The number of carbonyl (C=O) groups is 2. The number of hydrogen-bond acceptors (Lipinski definition) is 7. The summed E-state index contributed by atoms with van der Waals surface area (Å²) in [6, 6.07) is 9.92. The Labute approximate surface area is 198 Å². The van der Waals surface area contributed by atoms with E-state index in [1.807, 2.05) is 0 Å². The van der Waals surface area contributed by atoms with E-state index >= 15 is 0 Å². The van der Waals surface area contributed by atoms with Gasteiger partial charge >= 0.3 is 0 Å². The number of aldehydes is 1. The van der Waals surface area contributed by atoms with Gasteiger partial charge in [-0.1, -0.05) is 11.3 Å². The summed E-state index contributed by atoms with van der Waals surface area (Å²) < 4.78 is 32.7. The minimum absolute atomic E-state index is 0.0503. The Morgan fingerprint density at radius 1 is 1.15 bits per heavy atom. The molecule has 0 spiro atoms. The summed E-state index contributed by atoms with van der Waals surface area (Å²) in [6.45, 7) is -0.146. The molecule has 1 fully saturated rings. The van der Waals surface area contributed by atoms with E-state index in [1.54, 1.807) is 24.3 Å². The molecule has 2 N–H and O–H groups in total. The smallest absolute Gasteiger partial charge is 0.257 e. The Balaban J connectivity index is 1.31. The van der Waals surface area contributed by atoms with Gasteiger partial charge in [-0.15, -0.1) is 10.2 Å². The van der Waals surface area contributed by atoms with Gasteiger partial charge in [-0.05, 0) is 67.6 Å². The van der Waals surface area contributed by atoms with Crippen LogP contribution < -0.4 is 10.1 Å². The van der Waals surface area contributed by atoms with E-state index in [9.17, 15) is 23.5 Å². The van der Waals surface area contributed by atoms with Crippen molar-refractivity contribution in [3.05, 3.63) is 70.2 Å². The standard InChI is InChI=1S/C24H23F2N3O4S/c25-17-9-15(10-18(26)12-17)11-21-28-29-23(34-21)27-22(32)16-1-3-19(4-2-16)33-20-5-7-24(13-30,14-31)8-6-20/h1-4,9-10,12-13,20,31H,5-8,11,14H2,(H,27,29,32). The molecule has 0 aliphatic heterocycles. The Hall–Kier alpha value is -3.24. The molecule has 34 heavy (non-hydrogen) atoms. The number of amides is 1. The third-order valence-electron chi connectivity index (χ3n) is 5.88. The summed E-state index contributed by atoms with van der Waals surface area (Å²) in [5.41, 5.74) is 0.174. The second-order valence-electron chi connectivity index (χ2n) is 8.39. The molecule has 1 heterocycles. The predicted octanol–water partition coefficient (Wildman–Crippen LogP) is 4.16. The fourth-order valence-corrected chi connectivity index (χ4v) is 4.68. The Bertz CT molecular complexity index is 1140.